The van der Waals surface area contributed by atoms with E-state index in [1.165, 1.54) is 18.4 Å². The normalized spacial score (nSPS) is 14.4. The quantitative estimate of drug-likeness (QED) is 0.571. The van der Waals surface area contributed by atoms with Crippen LogP contribution in [0.25, 0.3) is 0 Å². The van der Waals surface area contributed by atoms with E-state index in [2.05, 4.69) is 26.0 Å². The maximum Gasteiger partial charge on any atom is 0.0717 e. The molecule has 1 rings (SSSR count). The fraction of sp³-hybridized carbons (Fsp3) is 0.625. The van der Waals surface area contributed by atoms with E-state index in [1.807, 2.05) is 18.2 Å². The van der Waals surface area contributed by atoms with E-state index in [9.17, 15) is 0 Å². The maximum absolute atomic E-state index is 6.16. The van der Waals surface area contributed by atoms with Crippen molar-refractivity contribution in [1.29, 1.82) is 0 Å². The lowest BCUT2D eigenvalue weighted by molar-refractivity contribution is 0.0363. The molecule has 1 aromatic carbocycles. The second-order valence-corrected chi connectivity index (χ2v) is 5.34. The largest absolute Gasteiger partial charge is 0.376 e. The van der Waals surface area contributed by atoms with Crippen LogP contribution in [-0.2, 0) is 11.3 Å². The van der Waals surface area contributed by atoms with Gasteiger partial charge in [-0.15, -0.1) is 11.6 Å². The summed E-state index contributed by atoms with van der Waals surface area (Å²) in [6.45, 7) is 5.89. The summed E-state index contributed by atoms with van der Waals surface area (Å²) >= 11 is 6.16. The molecule has 0 heterocycles. The number of hydrogen-bond donors (Lipinski definition) is 0. The molecule has 1 atom stereocenters. The summed E-state index contributed by atoms with van der Waals surface area (Å²) in [5, 5.41) is 0. The molecule has 102 valence electrons. The van der Waals surface area contributed by atoms with Gasteiger partial charge in [-0.25, -0.2) is 0 Å². The Morgan fingerprint density at radius 2 is 1.89 bits per heavy atom. The van der Waals surface area contributed by atoms with Gasteiger partial charge in [0.2, 0.25) is 0 Å². The van der Waals surface area contributed by atoms with Gasteiger partial charge in [-0.1, -0.05) is 57.0 Å². The molecule has 1 aromatic rings. The number of rotatable bonds is 9. The van der Waals surface area contributed by atoms with Gasteiger partial charge in [0.05, 0.1) is 13.2 Å². The van der Waals surface area contributed by atoms with E-state index in [0.29, 0.717) is 12.5 Å². The zero-order valence-electron chi connectivity index (χ0n) is 11.6. The maximum atomic E-state index is 6.16. The molecule has 0 aromatic heterocycles. The zero-order chi connectivity index (χ0) is 13.3. The van der Waals surface area contributed by atoms with Gasteiger partial charge in [0.1, 0.15) is 0 Å². The van der Waals surface area contributed by atoms with Gasteiger partial charge in [0.25, 0.3) is 0 Å². The summed E-state index contributed by atoms with van der Waals surface area (Å²) in [7, 11) is 0. The van der Waals surface area contributed by atoms with Crippen LogP contribution in [0.3, 0.4) is 0 Å². The van der Waals surface area contributed by atoms with E-state index < -0.39 is 0 Å². The van der Waals surface area contributed by atoms with Crippen LogP contribution in [0.2, 0.25) is 0 Å². The predicted molar refractivity (Wildman–Crippen MR) is 79.1 cm³/mol. The fourth-order valence-corrected chi connectivity index (χ4v) is 2.46. The first kappa shape index (κ1) is 15.5. The third-order valence-electron chi connectivity index (χ3n) is 3.61. The lowest BCUT2D eigenvalue weighted by Gasteiger charge is -2.30. The summed E-state index contributed by atoms with van der Waals surface area (Å²) in [6, 6.07) is 10.3. The summed E-state index contributed by atoms with van der Waals surface area (Å²) in [6.07, 6.45) is 4.70. The average molecular weight is 269 g/mol. The molecule has 0 bridgehead atoms. The number of benzene rings is 1. The van der Waals surface area contributed by atoms with Crippen LogP contribution >= 0.6 is 11.6 Å². The molecule has 0 fully saturated rings. The Morgan fingerprint density at radius 3 is 2.44 bits per heavy atom. The Morgan fingerprint density at radius 1 is 1.17 bits per heavy atom. The van der Waals surface area contributed by atoms with Crippen LogP contribution < -0.4 is 0 Å². The minimum absolute atomic E-state index is 0.159. The number of ether oxygens (including phenoxy) is 1. The Balaban J connectivity index is 2.42. The summed E-state index contributed by atoms with van der Waals surface area (Å²) in [4.78, 5) is 0. The minimum atomic E-state index is 0.159. The molecule has 0 saturated heterocycles. The second-order valence-electron chi connectivity index (χ2n) is 5.07. The van der Waals surface area contributed by atoms with Crippen molar-refractivity contribution in [1.82, 2.24) is 0 Å². The average Bonchev–Trinajstić information content (AvgIpc) is 2.44. The smallest absolute Gasteiger partial charge is 0.0717 e. The number of hydrogen-bond acceptors (Lipinski definition) is 1. The van der Waals surface area contributed by atoms with Crippen LogP contribution in [0.5, 0.6) is 0 Å². The highest BCUT2D eigenvalue weighted by Crippen LogP contribution is 2.31. The van der Waals surface area contributed by atoms with Crippen LogP contribution in [0, 0.1) is 5.41 Å². The monoisotopic (exact) mass is 268 g/mol. The third kappa shape index (κ3) is 4.99. The van der Waals surface area contributed by atoms with Crippen molar-refractivity contribution >= 4 is 11.6 Å². The van der Waals surface area contributed by atoms with Gasteiger partial charge in [-0.2, -0.15) is 0 Å². The SMILES string of the molecule is CCCCC(CC)(CCl)COCc1ccccc1. The van der Waals surface area contributed by atoms with Crippen molar-refractivity contribution < 1.29 is 4.74 Å². The highest BCUT2D eigenvalue weighted by molar-refractivity contribution is 6.18. The van der Waals surface area contributed by atoms with E-state index >= 15 is 0 Å². The molecular weight excluding hydrogens is 244 g/mol. The van der Waals surface area contributed by atoms with Crippen LogP contribution in [-0.4, -0.2) is 12.5 Å². The molecule has 1 nitrogen and oxygen atoms in total. The number of unbranched alkanes of at least 4 members (excludes halogenated alkanes) is 1. The van der Waals surface area contributed by atoms with Crippen molar-refractivity contribution in [2.24, 2.45) is 5.41 Å². The van der Waals surface area contributed by atoms with Gasteiger partial charge >= 0.3 is 0 Å². The molecule has 0 radical (unpaired) electrons. The molecule has 0 amide bonds. The van der Waals surface area contributed by atoms with Gasteiger partial charge in [0.15, 0.2) is 0 Å². The Labute approximate surface area is 116 Å². The van der Waals surface area contributed by atoms with Gasteiger partial charge in [-0.3, -0.25) is 0 Å². The molecular formula is C16H25ClO. The Kier molecular flexibility index (Phi) is 7.38. The van der Waals surface area contributed by atoms with Crippen LogP contribution in [0.15, 0.2) is 30.3 Å². The molecule has 0 aliphatic rings. The summed E-state index contributed by atoms with van der Waals surface area (Å²) < 4.78 is 5.88. The van der Waals surface area contributed by atoms with Crippen molar-refractivity contribution in [3.63, 3.8) is 0 Å². The second kappa shape index (κ2) is 8.55. The molecule has 0 aliphatic heterocycles. The molecule has 0 spiro atoms. The third-order valence-corrected chi connectivity index (χ3v) is 4.18. The lowest BCUT2D eigenvalue weighted by Crippen LogP contribution is -2.28. The van der Waals surface area contributed by atoms with E-state index in [0.717, 1.165) is 19.4 Å². The highest BCUT2D eigenvalue weighted by Gasteiger charge is 2.26. The highest BCUT2D eigenvalue weighted by atomic mass is 35.5. The number of alkyl halides is 1. The van der Waals surface area contributed by atoms with Crippen molar-refractivity contribution in [2.75, 3.05) is 12.5 Å². The minimum Gasteiger partial charge on any atom is -0.376 e. The fourth-order valence-electron chi connectivity index (χ4n) is 2.06. The lowest BCUT2D eigenvalue weighted by atomic mass is 9.83. The van der Waals surface area contributed by atoms with E-state index in [-0.39, 0.29) is 5.41 Å². The van der Waals surface area contributed by atoms with Crippen molar-refractivity contribution in [2.45, 2.75) is 46.1 Å². The first-order chi connectivity index (χ1) is 8.76. The van der Waals surface area contributed by atoms with Crippen LogP contribution in [0.4, 0.5) is 0 Å². The first-order valence-corrected chi connectivity index (χ1v) is 7.47. The van der Waals surface area contributed by atoms with Crippen molar-refractivity contribution in [3.8, 4) is 0 Å². The van der Waals surface area contributed by atoms with E-state index in [1.54, 1.807) is 0 Å². The number of halogens is 1. The van der Waals surface area contributed by atoms with E-state index in [4.69, 9.17) is 16.3 Å². The Hall–Kier alpha value is -0.530. The molecule has 2 heteroatoms. The van der Waals surface area contributed by atoms with Gasteiger partial charge < -0.3 is 4.74 Å². The molecule has 0 saturated carbocycles. The Bertz CT molecular complexity index is 306. The van der Waals surface area contributed by atoms with Gasteiger partial charge in [0, 0.05) is 11.3 Å². The standard InChI is InChI=1S/C16H25ClO/c1-3-5-11-16(4-2,13-17)14-18-12-15-9-7-6-8-10-15/h6-10H,3-5,11-14H2,1-2H3. The topological polar surface area (TPSA) is 9.23 Å². The zero-order valence-corrected chi connectivity index (χ0v) is 12.4. The first-order valence-electron chi connectivity index (χ1n) is 6.94. The summed E-state index contributed by atoms with van der Waals surface area (Å²) in [5.74, 6) is 0.693. The molecule has 1 unspecified atom stereocenters. The molecule has 18 heavy (non-hydrogen) atoms. The molecule has 0 aliphatic carbocycles. The van der Waals surface area contributed by atoms with Crippen molar-refractivity contribution in [3.05, 3.63) is 35.9 Å². The molecule has 0 N–H and O–H groups in total. The predicted octanol–water partition coefficient (Wildman–Crippen LogP) is 5.03. The van der Waals surface area contributed by atoms with Crippen LogP contribution in [0.1, 0.15) is 45.1 Å². The van der Waals surface area contributed by atoms with Gasteiger partial charge in [-0.05, 0) is 18.4 Å². The summed E-state index contributed by atoms with van der Waals surface area (Å²) in [5.41, 5.74) is 1.39.